The van der Waals surface area contributed by atoms with E-state index in [-0.39, 0.29) is 39.3 Å². The lowest BCUT2D eigenvalue weighted by atomic mass is 9.42. The smallest absolute Gasteiger partial charge is 0.333 e. The van der Waals surface area contributed by atoms with Crippen molar-refractivity contribution in [2.75, 3.05) is 14.6 Å². The molecule has 4 nitrogen and oxygen atoms in total. The van der Waals surface area contributed by atoms with Crippen LogP contribution in [0.25, 0.3) is 66.8 Å². The van der Waals surface area contributed by atoms with Gasteiger partial charge in [0.05, 0.1) is 0 Å². The molecule has 96 heavy (non-hydrogen) atoms. The number of rotatable bonds is 7. The molecule has 11 aromatic carbocycles. The zero-order valence-corrected chi connectivity index (χ0v) is 59.2. The number of anilines is 8. The van der Waals surface area contributed by atoms with Crippen LogP contribution in [0.5, 0.6) is 0 Å². The average molecular weight is 1250 g/mol. The highest BCUT2D eigenvalue weighted by molar-refractivity contribution is 6.94. The Labute approximate surface area is 570 Å². The van der Waals surface area contributed by atoms with E-state index in [1.165, 1.54) is 111 Å². The van der Waals surface area contributed by atoms with Crippen molar-refractivity contribution in [3.05, 3.63) is 275 Å². The standard InChI is InChI=1S/C91H88BN3O/c1-55-48-61(89(11,12)13)38-47-78(55)94-80-53-73-72(84(56-26-20-18-21-27-56)96-85(73)57-28-22-19-23-29-57)52-77(80)92-82-71(51-70-66-30-24-25-31-74(66)91(16,17)81(70)83(82)94)69-50-68-67-49-65(93(62-39-32-58(33-40-62)86(2,3)4)63-41-34-59(35-42-63)87(5,6)7)45-46-75(67)90(14,15)76(68)54-79(69)95(92)64-43-36-60(37-44-64)88(8,9)10/h18-54H,1-17H3. The van der Waals surface area contributed by atoms with Crippen molar-refractivity contribution in [1.82, 2.24) is 0 Å². The SMILES string of the molecule is Cc1cc(C(C)(C)C)ccc1N1c2cc3c(-c4ccccc4)oc(-c4ccccc4)c3cc2B2c3c(cc4c(c31)C(C)(C)c1ccccc1-4)-c1cc3c(cc1N2c1ccc(C(C)(C)C)cc1)C(C)(C)c1ccc(N(c2ccc(C(C)(C)C)cc2)c2ccc(C(C)(C)C)cc2)cc1-3. The molecular weight excluding hydrogens is 1160 g/mol. The second-order valence-corrected chi connectivity index (χ2v) is 33.1. The zero-order chi connectivity index (χ0) is 67.1. The summed E-state index contributed by atoms with van der Waals surface area (Å²) in [4.78, 5) is 7.93. The molecule has 5 heteroatoms. The minimum atomic E-state index is -0.381. The number of fused-ring (bicyclic) bond motifs is 12. The molecule has 16 rings (SSSR count). The largest absolute Gasteiger partial charge is 0.455 e. The van der Waals surface area contributed by atoms with Gasteiger partial charge in [0.1, 0.15) is 11.5 Å². The van der Waals surface area contributed by atoms with E-state index in [1.807, 2.05) is 0 Å². The predicted octanol–water partition coefficient (Wildman–Crippen LogP) is 24.1. The van der Waals surface area contributed by atoms with Crippen LogP contribution in [0.3, 0.4) is 0 Å². The Morgan fingerprint density at radius 1 is 0.375 bits per heavy atom. The van der Waals surface area contributed by atoms with Gasteiger partial charge in [-0.15, -0.1) is 0 Å². The van der Waals surface area contributed by atoms with Crippen molar-refractivity contribution >= 4 is 74.0 Å². The first-order chi connectivity index (χ1) is 45.6. The van der Waals surface area contributed by atoms with Crippen LogP contribution in [-0.4, -0.2) is 6.85 Å². The number of benzene rings is 11. The maximum atomic E-state index is 7.40. The fraction of sp³-hybridized carbons (Fsp3) is 0.253. The number of aryl methyl sites for hydroxylation is 1. The van der Waals surface area contributed by atoms with E-state index >= 15 is 0 Å². The van der Waals surface area contributed by atoms with Gasteiger partial charge in [0.15, 0.2) is 0 Å². The summed E-state index contributed by atoms with van der Waals surface area (Å²) in [5.74, 6) is 1.74. The lowest BCUT2D eigenvalue weighted by Crippen LogP contribution is -2.62. The average Bonchev–Trinajstić information content (AvgIpc) is 1.28. The van der Waals surface area contributed by atoms with Crippen molar-refractivity contribution in [3.8, 4) is 56.0 Å². The quantitative estimate of drug-likeness (QED) is 0.148. The zero-order valence-electron chi connectivity index (χ0n) is 59.2. The second kappa shape index (κ2) is 21.2. The monoisotopic (exact) mass is 1250 g/mol. The molecule has 0 radical (unpaired) electrons. The summed E-state index contributed by atoms with van der Waals surface area (Å²) in [6, 6.07) is 86.4. The summed E-state index contributed by atoms with van der Waals surface area (Å²) < 4.78 is 7.40. The topological polar surface area (TPSA) is 22.9 Å². The summed E-state index contributed by atoms with van der Waals surface area (Å²) in [6.07, 6.45) is 0. The first-order valence-electron chi connectivity index (χ1n) is 34.8. The summed E-state index contributed by atoms with van der Waals surface area (Å²) >= 11 is 0. The van der Waals surface area contributed by atoms with Crippen molar-refractivity contribution in [2.45, 2.75) is 150 Å². The highest BCUT2D eigenvalue weighted by Gasteiger charge is 2.52. The van der Waals surface area contributed by atoms with Gasteiger partial charge < -0.3 is 19.0 Å². The Morgan fingerprint density at radius 2 is 0.865 bits per heavy atom. The van der Waals surface area contributed by atoms with Crippen molar-refractivity contribution in [2.24, 2.45) is 0 Å². The number of furan rings is 1. The van der Waals surface area contributed by atoms with Gasteiger partial charge in [-0.2, -0.15) is 0 Å². The lowest BCUT2D eigenvalue weighted by Gasteiger charge is -2.48. The molecule has 0 bridgehead atoms. The van der Waals surface area contributed by atoms with E-state index < -0.39 is 0 Å². The molecule has 0 saturated carbocycles. The van der Waals surface area contributed by atoms with Crippen LogP contribution in [0.15, 0.2) is 229 Å². The van der Waals surface area contributed by atoms with E-state index in [0.717, 1.165) is 61.9 Å². The molecule has 2 aliphatic heterocycles. The molecule has 3 heterocycles. The first-order valence-corrected chi connectivity index (χ1v) is 34.8. The molecular formula is C91H88BN3O. The van der Waals surface area contributed by atoms with Gasteiger partial charge in [-0.05, 0) is 196 Å². The Kier molecular flexibility index (Phi) is 13.5. The molecule has 0 amide bonds. The van der Waals surface area contributed by atoms with Crippen molar-refractivity contribution in [3.63, 3.8) is 0 Å². The fourth-order valence-corrected chi connectivity index (χ4v) is 16.6. The van der Waals surface area contributed by atoms with Crippen LogP contribution in [-0.2, 0) is 32.5 Å². The van der Waals surface area contributed by atoms with Gasteiger partial charge in [0.2, 0.25) is 0 Å². The third kappa shape index (κ3) is 9.44. The van der Waals surface area contributed by atoms with Gasteiger partial charge in [-0.1, -0.05) is 256 Å². The Hall–Kier alpha value is -9.58. The highest BCUT2D eigenvalue weighted by Crippen LogP contribution is 2.61. The molecule has 0 saturated heterocycles. The van der Waals surface area contributed by atoms with Crippen LogP contribution >= 0.6 is 0 Å². The molecule has 2 aliphatic carbocycles. The van der Waals surface area contributed by atoms with Crippen molar-refractivity contribution < 1.29 is 4.42 Å². The molecule has 12 aromatic rings. The normalized spacial score (nSPS) is 14.8. The van der Waals surface area contributed by atoms with Crippen LogP contribution in [0.1, 0.15) is 161 Å². The number of nitrogens with zero attached hydrogens (tertiary/aromatic N) is 3. The molecule has 0 unspecified atom stereocenters. The Balaban J connectivity index is 1.02. The second-order valence-electron chi connectivity index (χ2n) is 33.1. The third-order valence-corrected chi connectivity index (χ3v) is 22.0. The van der Waals surface area contributed by atoms with E-state index in [1.54, 1.807) is 0 Å². The molecule has 476 valence electrons. The van der Waals surface area contributed by atoms with Crippen LogP contribution < -0.4 is 25.5 Å². The third-order valence-electron chi connectivity index (χ3n) is 22.0. The Morgan fingerprint density at radius 3 is 1.43 bits per heavy atom. The lowest BCUT2D eigenvalue weighted by molar-refractivity contribution is 0.589. The van der Waals surface area contributed by atoms with E-state index in [2.05, 4.69) is 357 Å². The Bertz CT molecular complexity index is 5080. The van der Waals surface area contributed by atoms with Gasteiger partial charge >= 0.3 is 6.85 Å². The van der Waals surface area contributed by atoms with Gasteiger partial charge in [-0.25, -0.2) is 0 Å². The van der Waals surface area contributed by atoms with Crippen LogP contribution in [0, 0.1) is 6.92 Å². The number of hydrogen-bond acceptors (Lipinski definition) is 4. The molecule has 0 N–H and O–H groups in total. The van der Waals surface area contributed by atoms with Gasteiger partial charge in [0.25, 0.3) is 0 Å². The van der Waals surface area contributed by atoms with E-state index in [4.69, 9.17) is 4.42 Å². The molecule has 0 fully saturated rings. The maximum absolute atomic E-state index is 7.40. The maximum Gasteiger partial charge on any atom is 0.333 e. The van der Waals surface area contributed by atoms with E-state index in [0.29, 0.717) is 0 Å². The predicted molar refractivity (Wildman–Crippen MR) is 410 cm³/mol. The summed E-state index contributed by atoms with van der Waals surface area (Å²) in [5.41, 5.74) is 32.7. The minimum absolute atomic E-state index is 0.0198. The molecule has 4 aliphatic rings. The van der Waals surface area contributed by atoms with Crippen molar-refractivity contribution in [1.29, 1.82) is 0 Å². The summed E-state index contributed by atoms with van der Waals surface area (Å²) in [5, 5.41) is 2.18. The summed E-state index contributed by atoms with van der Waals surface area (Å²) in [6.45, 7) is 39.7. The fourth-order valence-electron chi connectivity index (χ4n) is 16.6. The number of hydrogen-bond donors (Lipinski definition) is 0. The molecule has 0 spiro atoms. The van der Waals surface area contributed by atoms with Gasteiger partial charge in [-0.3, -0.25) is 0 Å². The molecule has 1 aromatic heterocycles. The van der Waals surface area contributed by atoms with E-state index in [9.17, 15) is 0 Å². The van der Waals surface area contributed by atoms with Crippen LogP contribution in [0.4, 0.5) is 45.5 Å². The first kappa shape index (κ1) is 61.3. The van der Waals surface area contributed by atoms with Gasteiger partial charge in [0, 0.05) is 83.8 Å². The highest BCUT2D eigenvalue weighted by atomic mass is 16.3. The van der Waals surface area contributed by atoms with Crippen LogP contribution in [0.2, 0.25) is 0 Å². The minimum Gasteiger partial charge on any atom is -0.455 e. The molecule has 0 atom stereocenters. The summed E-state index contributed by atoms with van der Waals surface area (Å²) in [7, 11) is 0.